The zero-order valence-corrected chi connectivity index (χ0v) is 20.6. The molecule has 34 heavy (non-hydrogen) atoms. The number of nitrogens with one attached hydrogen (secondary N) is 1. The topological polar surface area (TPSA) is 41.2 Å². The van der Waals surface area contributed by atoms with Gasteiger partial charge in [-0.05, 0) is 92.2 Å². The molecule has 4 nitrogen and oxygen atoms in total. The van der Waals surface area contributed by atoms with Crippen molar-refractivity contribution in [2.24, 2.45) is 0 Å². The molecule has 176 valence electrons. The number of H-pyrrole nitrogens is 1. The van der Waals surface area contributed by atoms with Gasteiger partial charge in [0.2, 0.25) is 0 Å². The van der Waals surface area contributed by atoms with Gasteiger partial charge in [0.25, 0.3) is 0 Å². The van der Waals surface area contributed by atoms with E-state index in [9.17, 15) is 0 Å². The molecule has 5 rings (SSSR count). The van der Waals surface area contributed by atoms with Gasteiger partial charge in [-0.15, -0.1) is 0 Å². The molecule has 0 radical (unpaired) electrons. The van der Waals surface area contributed by atoms with Gasteiger partial charge >= 0.3 is 0 Å². The molecule has 0 amide bonds. The number of aromatic amines is 1. The SMILES string of the molecule is Cc1cc(-c2[nH]c3ccc(C4CCN(CCOc5ccccc5)CC4)cc3c2C(C)C)ccn1. The maximum absolute atomic E-state index is 5.90. The average molecular weight is 454 g/mol. The lowest BCUT2D eigenvalue weighted by atomic mass is 9.87. The summed E-state index contributed by atoms with van der Waals surface area (Å²) in [4.78, 5) is 10.6. The first-order chi connectivity index (χ1) is 16.6. The molecule has 1 aliphatic rings. The Bertz CT molecular complexity index is 1240. The van der Waals surface area contributed by atoms with E-state index in [1.807, 2.05) is 36.5 Å². The van der Waals surface area contributed by atoms with Crippen molar-refractivity contribution in [2.45, 2.75) is 45.4 Å². The smallest absolute Gasteiger partial charge is 0.119 e. The van der Waals surface area contributed by atoms with Gasteiger partial charge < -0.3 is 9.72 Å². The van der Waals surface area contributed by atoms with Crippen molar-refractivity contribution < 1.29 is 4.74 Å². The largest absolute Gasteiger partial charge is 0.492 e. The molecule has 4 heteroatoms. The van der Waals surface area contributed by atoms with E-state index in [1.165, 1.54) is 46.1 Å². The summed E-state index contributed by atoms with van der Waals surface area (Å²) in [5.74, 6) is 2.02. The van der Waals surface area contributed by atoms with E-state index in [1.54, 1.807) is 0 Å². The van der Waals surface area contributed by atoms with Gasteiger partial charge in [0.15, 0.2) is 0 Å². The van der Waals surface area contributed by atoms with Crippen LogP contribution in [0, 0.1) is 6.92 Å². The lowest BCUT2D eigenvalue weighted by Gasteiger charge is -2.32. The minimum atomic E-state index is 0.443. The Hall–Kier alpha value is -3.11. The Kier molecular flexibility index (Phi) is 6.68. The maximum Gasteiger partial charge on any atom is 0.119 e. The van der Waals surface area contributed by atoms with Crippen molar-refractivity contribution in [3.8, 4) is 17.0 Å². The monoisotopic (exact) mass is 453 g/mol. The van der Waals surface area contributed by atoms with Crippen molar-refractivity contribution in [2.75, 3.05) is 26.2 Å². The molecule has 0 atom stereocenters. The maximum atomic E-state index is 5.90. The number of aromatic nitrogens is 2. The van der Waals surface area contributed by atoms with E-state index < -0.39 is 0 Å². The lowest BCUT2D eigenvalue weighted by Crippen LogP contribution is -2.35. The van der Waals surface area contributed by atoms with E-state index in [0.717, 1.165) is 37.7 Å². The first kappa shape index (κ1) is 22.7. The van der Waals surface area contributed by atoms with E-state index in [4.69, 9.17) is 4.74 Å². The molecule has 0 spiro atoms. The highest BCUT2D eigenvalue weighted by Gasteiger charge is 2.22. The van der Waals surface area contributed by atoms with Crippen LogP contribution >= 0.6 is 0 Å². The number of hydrogen-bond acceptors (Lipinski definition) is 3. The van der Waals surface area contributed by atoms with E-state index >= 15 is 0 Å². The van der Waals surface area contributed by atoms with Gasteiger partial charge in [-0.2, -0.15) is 0 Å². The Morgan fingerprint density at radius 2 is 1.82 bits per heavy atom. The Morgan fingerprint density at radius 1 is 1.03 bits per heavy atom. The Morgan fingerprint density at radius 3 is 2.56 bits per heavy atom. The second-order valence-electron chi connectivity index (χ2n) is 9.84. The molecule has 1 N–H and O–H groups in total. The molecule has 0 bridgehead atoms. The van der Waals surface area contributed by atoms with Gasteiger partial charge in [-0.1, -0.05) is 38.1 Å². The highest BCUT2D eigenvalue weighted by atomic mass is 16.5. The van der Waals surface area contributed by atoms with Crippen LogP contribution in [0.4, 0.5) is 0 Å². The number of piperidine rings is 1. The normalized spacial score (nSPS) is 15.3. The summed E-state index contributed by atoms with van der Waals surface area (Å²) in [5.41, 5.74) is 7.63. The molecule has 1 aliphatic heterocycles. The second-order valence-corrected chi connectivity index (χ2v) is 9.84. The Balaban J connectivity index is 1.29. The van der Waals surface area contributed by atoms with Gasteiger partial charge in [0.1, 0.15) is 12.4 Å². The number of nitrogens with zero attached hydrogens (tertiary/aromatic N) is 2. The summed E-state index contributed by atoms with van der Waals surface area (Å²) in [5, 5.41) is 1.37. The highest BCUT2D eigenvalue weighted by molar-refractivity contribution is 5.92. The third-order valence-corrected chi connectivity index (χ3v) is 7.10. The molecule has 1 saturated heterocycles. The number of aryl methyl sites for hydroxylation is 1. The van der Waals surface area contributed by atoms with Crippen LogP contribution in [0.1, 0.15) is 55.3 Å². The molecule has 1 fully saturated rings. The predicted molar refractivity (Wildman–Crippen MR) is 141 cm³/mol. The van der Waals surface area contributed by atoms with Crippen LogP contribution in [-0.2, 0) is 0 Å². The number of rotatable bonds is 7. The third kappa shape index (κ3) is 4.88. The van der Waals surface area contributed by atoms with Crippen molar-refractivity contribution in [3.05, 3.63) is 83.7 Å². The Labute approximate surface area is 203 Å². The zero-order valence-electron chi connectivity index (χ0n) is 20.6. The van der Waals surface area contributed by atoms with Gasteiger partial charge in [0.05, 0.1) is 5.69 Å². The summed E-state index contributed by atoms with van der Waals surface area (Å²) < 4.78 is 5.90. The molecule has 2 aromatic heterocycles. The minimum Gasteiger partial charge on any atom is -0.492 e. The van der Waals surface area contributed by atoms with Gasteiger partial charge in [-0.3, -0.25) is 9.88 Å². The van der Waals surface area contributed by atoms with Crippen LogP contribution < -0.4 is 4.74 Å². The summed E-state index contributed by atoms with van der Waals surface area (Å²) in [6.07, 6.45) is 4.31. The van der Waals surface area contributed by atoms with Crippen LogP contribution in [0.5, 0.6) is 5.75 Å². The summed E-state index contributed by atoms with van der Waals surface area (Å²) in [6, 6.07) is 21.5. The number of likely N-dealkylation sites (tertiary alicyclic amines) is 1. The molecule has 0 saturated carbocycles. The highest BCUT2D eigenvalue weighted by Crippen LogP contribution is 2.38. The fourth-order valence-corrected chi connectivity index (χ4v) is 5.31. The molecular weight excluding hydrogens is 418 g/mol. The standard InChI is InChI=1S/C30H35N3O/c1-21(2)29-27-20-24(9-10-28(27)32-30(29)25-11-14-31-22(3)19-25)23-12-15-33(16-13-23)17-18-34-26-7-5-4-6-8-26/h4-11,14,19-21,23,32H,12-13,15-18H2,1-3H3. The second kappa shape index (κ2) is 10.0. The number of benzene rings is 2. The summed E-state index contributed by atoms with van der Waals surface area (Å²) in [7, 11) is 0. The fourth-order valence-electron chi connectivity index (χ4n) is 5.31. The molecule has 3 heterocycles. The van der Waals surface area contributed by atoms with Gasteiger partial charge in [-0.25, -0.2) is 0 Å². The summed E-state index contributed by atoms with van der Waals surface area (Å²) in [6.45, 7) is 10.6. The van der Waals surface area contributed by atoms with E-state index in [2.05, 4.69) is 66.0 Å². The molecule has 4 aromatic rings. The predicted octanol–water partition coefficient (Wildman–Crippen LogP) is 6.92. The number of pyridine rings is 1. The van der Waals surface area contributed by atoms with Crippen molar-refractivity contribution in [1.82, 2.24) is 14.9 Å². The lowest BCUT2D eigenvalue weighted by molar-refractivity contribution is 0.173. The van der Waals surface area contributed by atoms with Crippen LogP contribution in [-0.4, -0.2) is 41.1 Å². The van der Waals surface area contributed by atoms with Crippen LogP contribution in [0.25, 0.3) is 22.2 Å². The summed E-state index contributed by atoms with van der Waals surface area (Å²) >= 11 is 0. The molecular formula is C30H35N3O. The molecule has 0 aliphatic carbocycles. The van der Waals surface area contributed by atoms with Crippen molar-refractivity contribution in [1.29, 1.82) is 0 Å². The zero-order chi connectivity index (χ0) is 23.5. The van der Waals surface area contributed by atoms with Crippen LogP contribution in [0.15, 0.2) is 66.9 Å². The fraction of sp³-hybridized carbons (Fsp3) is 0.367. The third-order valence-electron chi connectivity index (χ3n) is 7.10. The van der Waals surface area contributed by atoms with Gasteiger partial charge in [0, 0.05) is 34.9 Å². The first-order valence-electron chi connectivity index (χ1n) is 12.6. The number of para-hydroxylation sites is 1. The van der Waals surface area contributed by atoms with E-state index in [0.29, 0.717) is 11.8 Å². The minimum absolute atomic E-state index is 0.443. The van der Waals surface area contributed by atoms with Crippen LogP contribution in [0.2, 0.25) is 0 Å². The molecule has 0 unspecified atom stereocenters. The van der Waals surface area contributed by atoms with Crippen molar-refractivity contribution in [3.63, 3.8) is 0 Å². The van der Waals surface area contributed by atoms with Crippen molar-refractivity contribution >= 4 is 10.9 Å². The quantitative estimate of drug-likeness (QED) is 0.330. The van der Waals surface area contributed by atoms with E-state index in [-0.39, 0.29) is 0 Å². The number of hydrogen-bond donors (Lipinski definition) is 1. The number of ether oxygens (including phenoxy) is 1. The number of fused-ring (bicyclic) bond motifs is 1. The first-order valence-corrected chi connectivity index (χ1v) is 12.6. The molecule has 2 aromatic carbocycles. The van der Waals surface area contributed by atoms with Crippen LogP contribution in [0.3, 0.4) is 0 Å². The average Bonchev–Trinajstić information content (AvgIpc) is 3.24.